The first-order valence-electron chi connectivity index (χ1n) is 6.29. The Labute approximate surface area is 117 Å². The van der Waals surface area contributed by atoms with Gasteiger partial charge in [0.05, 0.1) is 12.8 Å². The molecule has 6 heteroatoms. The number of anilines is 1. The summed E-state index contributed by atoms with van der Waals surface area (Å²) in [6, 6.07) is 7.57. The van der Waals surface area contributed by atoms with Crippen LogP contribution in [0.25, 0.3) is 0 Å². The van der Waals surface area contributed by atoms with Crippen molar-refractivity contribution in [2.75, 3.05) is 18.6 Å². The van der Waals surface area contributed by atoms with E-state index >= 15 is 0 Å². The molecule has 0 aliphatic carbocycles. The smallest absolute Gasteiger partial charge is 0.445 e. The Kier molecular flexibility index (Phi) is 3.94. The summed E-state index contributed by atoms with van der Waals surface area (Å²) in [6.07, 6.45) is 0.123. The largest absolute Gasteiger partial charge is 0.467 e. The van der Waals surface area contributed by atoms with Gasteiger partial charge < -0.3 is 4.74 Å². The highest BCUT2D eigenvalue weighted by molar-refractivity contribution is 5.90. The lowest BCUT2D eigenvalue weighted by molar-refractivity contribution is -0.300. The Balaban J connectivity index is 1.99. The van der Waals surface area contributed by atoms with Crippen LogP contribution in [0, 0.1) is 0 Å². The van der Waals surface area contributed by atoms with E-state index in [9.17, 15) is 9.59 Å². The van der Waals surface area contributed by atoms with Crippen LogP contribution < -0.4 is 4.90 Å². The van der Waals surface area contributed by atoms with E-state index in [0.29, 0.717) is 6.54 Å². The minimum absolute atomic E-state index is 0.528. The number of carbonyl (C=O) groups is 2. The summed E-state index contributed by atoms with van der Waals surface area (Å²) < 4.78 is 4.56. The van der Waals surface area contributed by atoms with Gasteiger partial charge in [-0.3, -0.25) is 9.79 Å². The van der Waals surface area contributed by atoms with Crippen LogP contribution in [0.2, 0.25) is 0 Å². The molecule has 0 aromatic heterocycles. The number of nitrogens with zero attached hydrogens (tertiary/aromatic N) is 1. The maximum atomic E-state index is 12.0. The van der Waals surface area contributed by atoms with Crippen molar-refractivity contribution in [2.45, 2.75) is 25.9 Å². The molecule has 6 nitrogen and oxygen atoms in total. The predicted octanol–water partition coefficient (Wildman–Crippen LogP) is 2.07. The Morgan fingerprint density at radius 3 is 2.65 bits per heavy atom. The van der Waals surface area contributed by atoms with Crippen LogP contribution >= 0.6 is 0 Å². The molecule has 0 N–H and O–H groups in total. The summed E-state index contributed by atoms with van der Waals surface area (Å²) >= 11 is 0. The Hall–Kier alpha value is -2.08. The fourth-order valence-electron chi connectivity index (χ4n) is 1.99. The predicted molar refractivity (Wildman–Crippen MR) is 71.2 cm³/mol. The average molecular weight is 279 g/mol. The minimum Gasteiger partial charge on any atom is -0.467 e. The van der Waals surface area contributed by atoms with Gasteiger partial charge in [-0.15, -0.1) is 0 Å². The zero-order valence-corrected chi connectivity index (χ0v) is 11.7. The van der Waals surface area contributed by atoms with Crippen LogP contribution in [-0.4, -0.2) is 31.3 Å². The number of hydrogen-bond donors (Lipinski definition) is 0. The van der Waals surface area contributed by atoms with Gasteiger partial charge in [0.25, 0.3) is 0 Å². The van der Waals surface area contributed by atoms with Crippen LogP contribution in [0.4, 0.5) is 10.5 Å². The van der Waals surface area contributed by atoms with Crippen molar-refractivity contribution in [3.05, 3.63) is 29.8 Å². The van der Waals surface area contributed by atoms with Gasteiger partial charge >= 0.3 is 12.1 Å². The second-order valence-electron chi connectivity index (χ2n) is 4.96. The number of amides is 1. The number of carbonyl (C=O) groups excluding carboxylic acids is 2. The Bertz CT molecular complexity index is 526. The van der Waals surface area contributed by atoms with E-state index in [1.807, 2.05) is 24.3 Å². The number of para-hydroxylation sites is 1. The van der Waals surface area contributed by atoms with E-state index in [2.05, 4.69) is 4.74 Å². The van der Waals surface area contributed by atoms with Gasteiger partial charge in [-0.1, -0.05) is 18.2 Å². The highest BCUT2D eigenvalue weighted by atomic mass is 17.2. The quantitative estimate of drug-likeness (QED) is 0.481. The lowest BCUT2D eigenvalue weighted by atomic mass is 10.1. The molecular weight excluding hydrogens is 262 g/mol. The monoisotopic (exact) mass is 279 g/mol. The number of benzene rings is 1. The van der Waals surface area contributed by atoms with Gasteiger partial charge in [0.2, 0.25) is 5.60 Å². The highest BCUT2D eigenvalue weighted by Crippen LogP contribution is 2.28. The topological polar surface area (TPSA) is 65.1 Å². The van der Waals surface area contributed by atoms with E-state index < -0.39 is 17.7 Å². The van der Waals surface area contributed by atoms with Crippen LogP contribution in [0.15, 0.2) is 24.3 Å². The summed E-state index contributed by atoms with van der Waals surface area (Å²) in [5.41, 5.74) is 0.539. The zero-order valence-electron chi connectivity index (χ0n) is 11.7. The van der Waals surface area contributed by atoms with E-state index in [1.54, 1.807) is 0 Å². The Morgan fingerprint density at radius 2 is 1.95 bits per heavy atom. The van der Waals surface area contributed by atoms with Crippen LogP contribution in [0.1, 0.15) is 19.4 Å². The van der Waals surface area contributed by atoms with Crippen molar-refractivity contribution >= 4 is 17.7 Å². The molecule has 1 amide bonds. The standard InChI is InChI=1S/C14H17NO5/c1-14(2,12(16)18-3)20-19-13(17)15-9-8-10-6-4-5-7-11(10)15/h4-7H,8-9H2,1-3H3. The van der Waals surface area contributed by atoms with Gasteiger partial charge in [0, 0.05) is 6.54 Å². The van der Waals surface area contributed by atoms with Crippen LogP contribution in [0.5, 0.6) is 0 Å². The minimum atomic E-state index is -1.34. The second kappa shape index (κ2) is 5.50. The first-order chi connectivity index (χ1) is 9.45. The van der Waals surface area contributed by atoms with Gasteiger partial charge in [-0.25, -0.2) is 9.59 Å². The number of methoxy groups -OCH3 is 1. The van der Waals surface area contributed by atoms with Gasteiger partial charge in [-0.05, 0) is 31.9 Å². The second-order valence-corrected chi connectivity index (χ2v) is 4.96. The molecule has 0 atom stereocenters. The third-order valence-corrected chi connectivity index (χ3v) is 3.11. The molecule has 1 heterocycles. The van der Waals surface area contributed by atoms with Crippen molar-refractivity contribution < 1.29 is 24.1 Å². The first-order valence-corrected chi connectivity index (χ1v) is 6.29. The average Bonchev–Trinajstić information content (AvgIpc) is 2.88. The normalized spacial score (nSPS) is 13.8. The summed E-state index contributed by atoms with van der Waals surface area (Å²) in [4.78, 5) is 34.5. The van der Waals surface area contributed by atoms with E-state index in [0.717, 1.165) is 17.7 Å². The maximum absolute atomic E-state index is 12.0. The number of fused-ring (bicyclic) bond motifs is 1. The number of ether oxygens (including phenoxy) is 1. The number of hydrogen-bond acceptors (Lipinski definition) is 5. The zero-order chi connectivity index (χ0) is 14.8. The van der Waals surface area contributed by atoms with E-state index in [1.165, 1.54) is 25.9 Å². The molecule has 0 saturated carbocycles. The molecule has 1 aliphatic rings. The molecule has 1 aromatic rings. The maximum Gasteiger partial charge on any atom is 0.445 e. The molecule has 20 heavy (non-hydrogen) atoms. The SMILES string of the molecule is COC(=O)C(C)(C)OOC(=O)N1CCc2ccccc21. The fourth-order valence-corrected chi connectivity index (χ4v) is 1.99. The molecule has 108 valence electrons. The van der Waals surface area contributed by atoms with E-state index in [-0.39, 0.29) is 0 Å². The van der Waals surface area contributed by atoms with Gasteiger partial charge in [0.15, 0.2) is 0 Å². The molecule has 0 bridgehead atoms. The van der Waals surface area contributed by atoms with Crippen LogP contribution in [-0.2, 0) is 25.7 Å². The van der Waals surface area contributed by atoms with Crippen molar-refractivity contribution in [2.24, 2.45) is 0 Å². The van der Waals surface area contributed by atoms with Crippen molar-refractivity contribution in [3.63, 3.8) is 0 Å². The van der Waals surface area contributed by atoms with Crippen molar-refractivity contribution in [1.82, 2.24) is 0 Å². The number of rotatable bonds is 3. The van der Waals surface area contributed by atoms with Crippen molar-refractivity contribution in [1.29, 1.82) is 0 Å². The first kappa shape index (κ1) is 14.3. The lowest BCUT2D eigenvalue weighted by Crippen LogP contribution is -2.39. The molecule has 1 aliphatic heterocycles. The van der Waals surface area contributed by atoms with E-state index in [4.69, 9.17) is 9.78 Å². The summed E-state index contributed by atoms with van der Waals surface area (Å²) in [5, 5.41) is 0. The molecule has 0 unspecified atom stereocenters. The summed E-state index contributed by atoms with van der Waals surface area (Å²) in [7, 11) is 1.24. The third kappa shape index (κ3) is 2.75. The molecule has 0 saturated heterocycles. The molecular formula is C14H17NO5. The molecule has 0 spiro atoms. The fraction of sp³-hybridized carbons (Fsp3) is 0.429. The lowest BCUT2D eigenvalue weighted by Gasteiger charge is -2.22. The van der Waals surface area contributed by atoms with Crippen molar-refractivity contribution in [3.8, 4) is 0 Å². The van der Waals surface area contributed by atoms with Crippen LogP contribution in [0.3, 0.4) is 0 Å². The number of esters is 1. The Morgan fingerprint density at radius 1 is 1.25 bits per heavy atom. The highest BCUT2D eigenvalue weighted by Gasteiger charge is 2.34. The van der Waals surface area contributed by atoms with Gasteiger partial charge in [0.1, 0.15) is 0 Å². The third-order valence-electron chi connectivity index (χ3n) is 3.11. The molecule has 0 radical (unpaired) electrons. The molecule has 2 rings (SSSR count). The summed E-state index contributed by atoms with van der Waals surface area (Å²) in [6.45, 7) is 3.45. The molecule has 0 fully saturated rings. The molecule has 1 aromatic carbocycles. The summed E-state index contributed by atoms with van der Waals surface area (Å²) in [5.74, 6) is -0.618. The van der Waals surface area contributed by atoms with Gasteiger partial charge in [-0.2, -0.15) is 4.89 Å².